The van der Waals surface area contributed by atoms with Gasteiger partial charge in [-0.05, 0) is 38.5 Å². The van der Waals surface area contributed by atoms with Gasteiger partial charge in [-0.25, -0.2) is 0 Å². The van der Waals surface area contributed by atoms with E-state index in [2.05, 4.69) is 43.4 Å². The van der Waals surface area contributed by atoms with Crippen molar-refractivity contribution >= 4 is 5.97 Å². The Kier molecular flexibility index (Phi) is 32.6. The molecule has 2 heteroatoms. The second-order valence-corrected chi connectivity index (χ2v) is 11.4. The van der Waals surface area contributed by atoms with E-state index in [4.69, 9.17) is 5.11 Å². The van der Waals surface area contributed by atoms with Gasteiger partial charge in [0, 0.05) is 6.42 Å². The van der Waals surface area contributed by atoms with Crippen LogP contribution in [0.3, 0.4) is 0 Å². The molecule has 0 aromatic heterocycles. The monoisotopic (exact) mass is 531 g/mol. The molecule has 0 aromatic carbocycles. The highest BCUT2D eigenvalue weighted by Crippen LogP contribution is 2.16. The molecule has 0 aliphatic carbocycles. The second kappa shape index (κ2) is 33.7. The van der Waals surface area contributed by atoms with Gasteiger partial charge in [-0.15, -0.1) is 0 Å². The van der Waals surface area contributed by atoms with Crippen LogP contribution >= 0.6 is 0 Å². The zero-order valence-electron chi connectivity index (χ0n) is 25.6. The van der Waals surface area contributed by atoms with Gasteiger partial charge in [-0.1, -0.05) is 178 Å². The highest BCUT2D eigenvalue weighted by molar-refractivity contribution is 5.66. The van der Waals surface area contributed by atoms with Crippen molar-refractivity contribution in [3.63, 3.8) is 0 Å². The first-order valence-electron chi connectivity index (χ1n) is 16.9. The van der Waals surface area contributed by atoms with Crippen LogP contribution in [0.1, 0.15) is 187 Å². The normalized spacial score (nSPS) is 12.0. The molecule has 222 valence electrons. The molecule has 0 atom stereocenters. The molecule has 0 spiro atoms. The summed E-state index contributed by atoms with van der Waals surface area (Å²) in [7, 11) is 0. The predicted molar refractivity (Wildman–Crippen MR) is 170 cm³/mol. The van der Waals surface area contributed by atoms with Crippen molar-refractivity contribution in [1.29, 1.82) is 0 Å². The fraction of sp³-hybridized carbons (Fsp3) is 0.806. The Bertz CT molecular complexity index is 546. The minimum atomic E-state index is -0.651. The highest BCUT2D eigenvalue weighted by atomic mass is 16.4. The summed E-state index contributed by atoms with van der Waals surface area (Å²) in [6.07, 6.45) is 50.0. The summed E-state index contributed by atoms with van der Waals surface area (Å²) < 4.78 is 0. The fourth-order valence-electron chi connectivity index (χ4n) is 5.08. The summed E-state index contributed by atoms with van der Waals surface area (Å²) in [5.41, 5.74) is 0. The number of unbranched alkanes of at least 4 members (excludes halogenated alkanes) is 23. The maximum atomic E-state index is 10.5. The summed E-state index contributed by atoms with van der Waals surface area (Å²) in [6, 6.07) is 0. The van der Waals surface area contributed by atoms with Gasteiger partial charge in [0.15, 0.2) is 0 Å². The average Bonchev–Trinajstić information content (AvgIpc) is 2.91. The summed E-state index contributed by atoms with van der Waals surface area (Å²) in [6.45, 7) is 2.18. The molecule has 0 fully saturated rings. The number of rotatable bonds is 31. The van der Waals surface area contributed by atoms with E-state index in [0.717, 1.165) is 32.1 Å². The molecule has 0 saturated heterocycles. The number of allylic oxidation sites excluding steroid dienone is 6. The maximum Gasteiger partial charge on any atom is 0.303 e. The van der Waals surface area contributed by atoms with Crippen LogP contribution in [0, 0.1) is 0 Å². The summed E-state index contributed by atoms with van der Waals surface area (Å²) >= 11 is 0. The quantitative estimate of drug-likeness (QED) is 0.0714. The lowest BCUT2D eigenvalue weighted by atomic mass is 10.0. The van der Waals surface area contributed by atoms with Crippen LogP contribution < -0.4 is 0 Å². The third kappa shape index (κ3) is 34.7. The van der Waals surface area contributed by atoms with E-state index < -0.39 is 5.97 Å². The predicted octanol–water partition coefficient (Wildman–Crippen LogP) is 12.7. The first-order chi connectivity index (χ1) is 18.8. The molecular weight excluding hydrogens is 464 g/mol. The van der Waals surface area contributed by atoms with Crippen molar-refractivity contribution < 1.29 is 9.90 Å². The van der Waals surface area contributed by atoms with Crippen molar-refractivity contribution in [3.05, 3.63) is 36.5 Å². The van der Waals surface area contributed by atoms with Crippen molar-refractivity contribution in [2.45, 2.75) is 187 Å². The van der Waals surface area contributed by atoms with Gasteiger partial charge in [-0.2, -0.15) is 0 Å². The molecular formula is C36H66O2. The number of carboxylic acid groups (broad SMARTS) is 1. The van der Waals surface area contributed by atoms with Gasteiger partial charge in [-0.3, -0.25) is 4.79 Å². The smallest absolute Gasteiger partial charge is 0.303 e. The Morgan fingerprint density at radius 2 is 0.711 bits per heavy atom. The number of hydrogen-bond donors (Lipinski definition) is 1. The van der Waals surface area contributed by atoms with Crippen LogP contribution in [0.25, 0.3) is 0 Å². The lowest BCUT2D eigenvalue weighted by Crippen LogP contribution is -1.93. The molecule has 0 bridgehead atoms. The lowest BCUT2D eigenvalue weighted by Gasteiger charge is -2.04. The topological polar surface area (TPSA) is 37.3 Å². The first kappa shape index (κ1) is 36.7. The van der Waals surface area contributed by atoms with Gasteiger partial charge in [0.05, 0.1) is 0 Å². The van der Waals surface area contributed by atoms with E-state index in [1.807, 2.05) is 0 Å². The molecule has 0 rings (SSSR count). The van der Waals surface area contributed by atoms with Gasteiger partial charge in [0.25, 0.3) is 0 Å². The lowest BCUT2D eigenvalue weighted by molar-refractivity contribution is -0.137. The molecule has 0 unspecified atom stereocenters. The largest absolute Gasteiger partial charge is 0.481 e. The Balaban J connectivity index is 3.11. The highest BCUT2D eigenvalue weighted by Gasteiger charge is 1.98. The number of carboxylic acids is 1. The van der Waals surface area contributed by atoms with Gasteiger partial charge < -0.3 is 5.11 Å². The van der Waals surface area contributed by atoms with E-state index in [9.17, 15) is 4.79 Å². The molecule has 1 N–H and O–H groups in total. The van der Waals surface area contributed by atoms with Crippen LogP contribution in [0.15, 0.2) is 36.5 Å². The number of hydrogen-bond acceptors (Lipinski definition) is 1. The Morgan fingerprint density at radius 3 is 1.05 bits per heavy atom. The first-order valence-corrected chi connectivity index (χ1v) is 16.9. The SMILES string of the molecule is CC/C=C\C/C=C\C/C=C\CCCCCCCCCCCCCCCCCCCCCCCCCC(=O)O. The molecule has 0 heterocycles. The fourth-order valence-corrected chi connectivity index (χ4v) is 5.08. The molecule has 0 saturated carbocycles. The minimum absolute atomic E-state index is 0.343. The van der Waals surface area contributed by atoms with E-state index in [1.54, 1.807) is 0 Å². The maximum absolute atomic E-state index is 10.5. The number of aliphatic carboxylic acids is 1. The van der Waals surface area contributed by atoms with Crippen LogP contribution in [0.4, 0.5) is 0 Å². The van der Waals surface area contributed by atoms with Gasteiger partial charge in [0.2, 0.25) is 0 Å². The van der Waals surface area contributed by atoms with Crippen molar-refractivity contribution in [3.8, 4) is 0 Å². The molecule has 2 nitrogen and oxygen atoms in total. The Labute approximate surface area is 238 Å². The average molecular weight is 531 g/mol. The molecule has 0 amide bonds. The molecule has 0 aromatic rings. The second-order valence-electron chi connectivity index (χ2n) is 11.4. The van der Waals surface area contributed by atoms with E-state index in [1.165, 1.54) is 141 Å². The van der Waals surface area contributed by atoms with Crippen LogP contribution in [0.2, 0.25) is 0 Å². The van der Waals surface area contributed by atoms with Crippen LogP contribution in [-0.2, 0) is 4.79 Å². The van der Waals surface area contributed by atoms with Crippen molar-refractivity contribution in [2.24, 2.45) is 0 Å². The van der Waals surface area contributed by atoms with Crippen LogP contribution in [-0.4, -0.2) is 11.1 Å². The summed E-state index contributed by atoms with van der Waals surface area (Å²) in [4.78, 5) is 10.5. The van der Waals surface area contributed by atoms with Gasteiger partial charge in [0.1, 0.15) is 0 Å². The molecule has 0 radical (unpaired) electrons. The minimum Gasteiger partial charge on any atom is -0.481 e. The summed E-state index contributed by atoms with van der Waals surface area (Å²) in [5, 5.41) is 8.63. The Morgan fingerprint density at radius 1 is 0.421 bits per heavy atom. The van der Waals surface area contributed by atoms with E-state index in [0.29, 0.717) is 6.42 Å². The molecule has 0 aliphatic rings. The Hall–Kier alpha value is -1.31. The zero-order chi connectivity index (χ0) is 27.6. The van der Waals surface area contributed by atoms with Crippen molar-refractivity contribution in [1.82, 2.24) is 0 Å². The third-order valence-corrected chi connectivity index (χ3v) is 7.54. The molecule has 38 heavy (non-hydrogen) atoms. The number of carbonyl (C=O) groups is 1. The van der Waals surface area contributed by atoms with E-state index in [-0.39, 0.29) is 0 Å². The summed E-state index contributed by atoms with van der Waals surface area (Å²) in [5.74, 6) is -0.651. The van der Waals surface area contributed by atoms with Crippen molar-refractivity contribution in [2.75, 3.05) is 0 Å². The third-order valence-electron chi connectivity index (χ3n) is 7.54. The van der Waals surface area contributed by atoms with E-state index >= 15 is 0 Å². The molecule has 0 aliphatic heterocycles. The standard InChI is InChI=1S/C36H66O2/c1-2-3-4-5-6-7-8-9-10-11-12-13-14-15-16-17-18-19-20-21-22-23-24-25-26-27-28-29-30-31-32-33-34-35-36(37)38/h3-4,6-7,9-10H,2,5,8,11-35H2,1H3,(H,37,38)/b4-3-,7-6-,10-9-. The van der Waals surface area contributed by atoms with Gasteiger partial charge >= 0.3 is 5.97 Å². The van der Waals surface area contributed by atoms with Crippen LogP contribution in [0.5, 0.6) is 0 Å². The zero-order valence-corrected chi connectivity index (χ0v) is 25.6.